The number of piperidine rings is 1. The number of hydrogen-bond donors (Lipinski definition) is 1. The third-order valence-corrected chi connectivity index (χ3v) is 4.01. The highest BCUT2D eigenvalue weighted by Gasteiger charge is 2.24. The van der Waals surface area contributed by atoms with Crippen molar-refractivity contribution in [2.45, 2.75) is 31.5 Å². The summed E-state index contributed by atoms with van der Waals surface area (Å²) in [6, 6.07) is 4.96. The highest BCUT2D eigenvalue weighted by Crippen LogP contribution is 2.30. The zero-order chi connectivity index (χ0) is 16.1. The fraction of sp³-hybridized carbons (Fsp3) is 0.562. The van der Waals surface area contributed by atoms with Crippen LogP contribution >= 0.6 is 0 Å². The van der Waals surface area contributed by atoms with Gasteiger partial charge < -0.3 is 20.1 Å². The van der Waals surface area contributed by atoms with Gasteiger partial charge in [-0.15, -0.1) is 0 Å². The fourth-order valence-electron chi connectivity index (χ4n) is 2.62. The summed E-state index contributed by atoms with van der Waals surface area (Å²) in [4.78, 5) is 13.9. The maximum Gasteiger partial charge on any atom is 0.224 e. The first-order valence-electron chi connectivity index (χ1n) is 7.44. The Morgan fingerprint density at radius 2 is 1.95 bits per heavy atom. The highest BCUT2D eigenvalue weighted by molar-refractivity contribution is 5.77. The molecule has 1 aromatic carbocycles. The molecule has 2 N–H and O–H groups in total. The van der Waals surface area contributed by atoms with Gasteiger partial charge >= 0.3 is 0 Å². The van der Waals surface area contributed by atoms with E-state index >= 15 is 0 Å². The van der Waals surface area contributed by atoms with Crippen LogP contribution in [-0.4, -0.2) is 44.3 Å². The van der Waals surface area contributed by atoms with Crippen molar-refractivity contribution in [3.05, 3.63) is 23.8 Å². The van der Waals surface area contributed by atoms with Gasteiger partial charge in [-0.1, -0.05) is 6.07 Å². The van der Waals surface area contributed by atoms with Crippen LogP contribution in [0.3, 0.4) is 0 Å². The van der Waals surface area contributed by atoms with Crippen molar-refractivity contribution in [1.82, 2.24) is 4.90 Å². The molecule has 0 bridgehead atoms. The zero-order valence-electron chi connectivity index (χ0n) is 13.0. The molecule has 0 radical (unpaired) electrons. The minimum atomic E-state index is -0.788. The Balaban J connectivity index is 1.99. The molecular formula is C16H23FN2O3. The van der Waals surface area contributed by atoms with E-state index in [0.29, 0.717) is 37.4 Å². The molecule has 2 rings (SSSR count). The van der Waals surface area contributed by atoms with Crippen molar-refractivity contribution in [3.63, 3.8) is 0 Å². The monoisotopic (exact) mass is 310 g/mol. The van der Waals surface area contributed by atoms with Crippen LogP contribution in [0.2, 0.25) is 0 Å². The average molecular weight is 310 g/mol. The van der Waals surface area contributed by atoms with E-state index in [1.165, 1.54) is 0 Å². The molecule has 1 aliphatic rings. The maximum absolute atomic E-state index is 13.1. The molecule has 22 heavy (non-hydrogen) atoms. The number of carbonyl (C=O) groups excluding carboxylic acids is 1. The molecule has 1 heterocycles. The van der Waals surface area contributed by atoms with Gasteiger partial charge in [-0.3, -0.25) is 4.79 Å². The number of alkyl halides is 1. The molecule has 1 amide bonds. The Morgan fingerprint density at radius 3 is 2.55 bits per heavy atom. The van der Waals surface area contributed by atoms with Gasteiger partial charge in [0.2, 0.25) is 5.91 Å². The third-order valence-electron chi connectivity index (χ3n) is 4.01. The Bertz CT molecular complexity index is 516. The van der Waals surface area contributed by atoms with Gasteiger partial charge in [0.05, 0.1) is 14.2 Å². The minimum absolute atomic E-state index is 0.0332. The minimum Gasteiger partial charge on any atom is -0.493 e. The summed E-state index contributed by atoms with van der Waals surface area (Å²) in [5.74, 6) is 1.17. The molecule has 1 saturated heterocycles. The number of carbonyl (C=O) groups is 1. The quantitative estimate of drug-likeness (QED) is 0.904. The predicted molar refractivity (Wildman–Crippen MR) is 81.8 cm³/mol. The van der Waals surface area contributed by atoms with Crippen molar-refractivity contribution in [2.24, 2.45) is 5.73 Å². The molecule has 0 aromatic heterocycles. The molecule has 0 aliphatic carbocycles. The van der Waals surface area contributed by atoms with Crippen LogP contribution in [0, 0.1) is 0 Å². The lowest BCUT2D eigenvalue weighted by molar-refractivity contribution is -0.133. The smallest absolute Gasteiger partial charge is 0.224 e. The summed E-state index contributed by atoms with van der Waals surface area (Å²) < 4.78 is 23.5. The maximum atomic E-state index is 13.1. The first-order valence-corrected chi connectivity index (χ1v) is 7.44. The third kappa shape index (κ3) is 3.88. The molecule has 0 spiro atoms. The van der Waals surface area contributed by atoms with Crippen molar-refractivity contribution in [1.29, 1.82) is 0 Å². The van der Waals surface area contributed by atoms with Gasteiger partial charge in [0.1, 0.15) is 6.17 Å². The summed E-state index contributed by atoms with van der Waals surface area (Å²) >= 11 is 0. The SMILES string of the molecule is COc1ccc(C(N)CC(=O)N2CCC(F)CC2)cc1OC. The Morgan fingerprint density at radius 1 is 1.32 bits per heavy atom. The van der Waals surface area contributed by atoms with Gasteiger partial charge in [-0.2, -0.15) is 0 Å². The number of ether oxygens (including phenoxy) is 2. The number of halogens is 1. The average Bonchev–Trinajstić information content (AvgIpc) is 2.54. The van der Waals surface area contributed by atoms with Gasteiger partial charge in [-0.25, -0.2) is 4.39 Å². The van der Waals surface area contributed by atoms with Gasteiger partial charge in [0, 0.05) is 25.6 Å². The number of hydrogen-bond acceptors (Lipinski definition) is 4. The van der Waals surface area contributed by atoms with E-state index in [1.807, 2.05) is 6.07 Å². The Kier molecular flexibility index (Phi) is 5.60. The van der Waals surface area contributed by atoms with Crippen LogP contribution < -0.4 is 15.2 Å². The first kappa shape index (κ1) is 16.5. The molecule has 1 fully saturated rings. The van der Waals surface area contributed by atoms with E-state index in [0.717, 1.165) is 5.56 Å². The van der Waals surface area contributed by atoms with Crippen molar-refractivity contribution in [2.75, 3.05) is 27.3 Å². The molecule has 1 atom stereocenters. The molecule has 122 valence electrons. The van der Waals surface area contributed by atoms with Crippen molar-refractivity contribution < 1.29 is 18.7 Å². The predicted octanol–water partition coefficient (Wildman–Crippen LogP) is 2.05. The van der Waals surface area contributed by atoms with Crippen LogP contribution in [-0.2, 0) is 4.79 Å². The van der Waals surface area contributed by atoms with E-state index in [9.17, 15) is 9.18 Å². The summed E-state index contributed by atoms with van der Waals surface area (Å²) in [5, 5.41) is 0. The van der Waals surface area contributed by atoms with Gasteiger partial charge in [0.15, 0.2) is 11.5 Å². The summed E-state index contributed by atoms with van der Waals surface area (Å²) in [5.41, 5.74) is 6.94. The molecule has 1 unspecified atom stereocenters. The molecule has 1 aromatic rings. The first-order chi connectivity index (χ1) is 10.5. The summed E-state index contributed by atoms with van der Waals surface area (Å²) in [7, 11) is 3.12. The van der Waals surface area contributed by atoms with Crippen molar-refractivity contribution >= 4 is 5.91 Å². The second kappa shape index (κ2) is 7.45. The van der Waals surface area contributed by atoms with E-state index in [4.69, 9.17) is 15.2 Å². The molecule has 6 heteroatoms. The van der Waals surface area contributed by atoms with Crippen molar-refractivity contribution in [3.8, 4) is 11.5 Å². The normalized spacial score (nSPS) is 17.2. The number of methoxy groups -OCH3 is 2. The number of likely N-dealkylation sites (tertiary alicyclic amines) is 1. The number of nitrogens with two attached hydrogens (primary N) is 1. The Hall–Kier alpha value is -1.82. The van der Waals surface area contributed by atoms with Crippen LogP contribution in [0.5, 0.6) is 11.5 Å². The molecule has 5 nitrogen and oxygen atoms in total. The second-order valence-electron chi connectivity index (χ2n) is 5.48. The number of amides is 1. The second-order valence-corrected chi connectivity index (χ2v) is 5.48. The van der Waals surface area contributed by atoms with E-state index in [-0.39, 0.29) is 12.3 Å². The lowest BCUT2D eigenvalue weighted by atomic mass is 10.0. The zero-order valence-corrected chi connectivity index (χ0v) is 13.0. The van der Waals surface area contributed by atoms with E-state index < -0.39 is 12.2 Å². The van der Waals surface area contributed by atoms with Crippen LogP contribution in [0.1, 0.15) is 30.9 Å². The van der Waals surface area contributed by atoms with Gasteiger partial charge in [-0.05, 0) is 30.5 Å². The molecule has 0 saturated carbocycles. The topological polar surface area (TPSA) is 64.8 Å². The van der Waals surface area contributed by atoms with Crippen LogP contribution in [0.15, 0.2) is 18.2 Å². The molecular weight excluding hydrogens is 287 g/mol. The fourth-order valence-corrected chi connectivity index (χ4v) is 2.62. The number of benzene rings is 1. The van der Waals surface area contributed by atoms with Crippen LogP contribution in [0.25, 0.3) is 0 Å². The standard InChI is InChI=1S/C16H23FN2O3/c1-21-14-4-3-11(9-15(14)22-2)13(18)10-16(20)19-7-5-12(17)6-8-19/h3-4,9,12-13H,5-8,10,18H2,1-2H3. The summed E-state index contributed by atoms with van der Waals surface area (Å²) in [6.07, 6.45) is 0.241. The highest BCUT2D eigenvalue weighted by atomic mass is 19.1. The van der Waals surface area contributed by atoms with E-state index in [2.05, 4.69) is 0 Å². The van der Waals surface area contributed by atoms with Gasteiger partial charge in [0.25, 0.3) is 0 Å². The number of rotatable bonds is 5. The van der Waals surface area contributed by atoms with E-state index in [1.54, 1.807) is 31.3 Å². The summed E-state index contributed by atoms with van der Waals surface area (Å²) in [6.45, 7) is 0.942. The Labute approximate surface area is 130 Å². The lowest BCUT2D eigenvalue weighted by Gasteiger charge is -2.29. The lowest BCUT2D eigenvalue weighted by Crippen LogP contribution is -2.40. The van der Waals surface area contributed by atoms with Crippen LogP contribution in [0.4, 0.5) is 4.39 Å². The molecule has 1 aliphatic heterocycles. The number of nitrogens with zero attached hydrogens (tertiary/aromatic N) is 1. The largest absolute Gasteiger partial charge is 0.493 e.